The number of hydrazone groups is 1. The van der Waals surface area contributed by atoms with E-state index >= 15 is 0 Å². The second-order valence-corrected chi connectivity index (χ2v) is 7.63. The van der Waals surface area contributed by atoms with Gasteiger partial charge in [0.15, 0.2) is 18.1 Å². The van der Waals surface area contributed by atoms with E-state index in [2.05, 4.69) is 21.2 Å². The molecule has 11 heteroatoms. The van der Waals surface area contributed by atoms with Gasteiger partial charge >= 0.3 is 11.8 Å². The molecule has 3 amide bonds. The maximum Gasteiger partial charge on any atom is 0.329 e. The molecule has 0 bridgehead atoms. The molecule has 0 radical (unpaired) electrons. The zero-order valence-electron chi connectivity index (χ0n) is 19.1. The minimum Gasteiger partial charge on any atom is -0.493 e. The molecule has 3 rings (SSSR count). The van der Waals surface area contributed by atoms with E-state index in [1.807, 2.05) is 30.3 Å². The van der Waals surface area contributed by atoms with Crippen molar-refractivity contribution in [2.24, 2.45) is 5.10 Å². The fraction of sp³-hybridized carbons (Fsp3) is 0.120. The van der Waals surface area contributed by atoms with Crippen LogP contribution in [-0.4, -0.2) is 37.7 Å². The summed E-state index contributed by atoms with van der Waals surface area (Å²) in [5.74, 6) is -2.69. The highest BCUT2D eigenvalue weighted by atomic mass is 35.5. The number of benzene rings is 3. The molecule has 0 heterocycles. The van der Waals surface area contributed by atoms with Crippen LogP contribution in [0.15, 0.2) is 71.8 Å². The molecule has 0 spiro atoms. The fourth-order valence-electron chi connectivity index (χ4n) is 2.92. The van der Waals surface area contributed by atoms with Gasteiger partial charge in [-0.25, -0.2) is 9.82 Å². The van der Waals surface area contributed by atoms with Gasteiger partial charge in [-0.2, -0.15) is 5.10 Å². The van der Waals surface area contributed by atoms with E-state index < -0.39 is 30.1 Å². The van der Waals surface area contributed by atoms with Crippen molar-refractivity contribution in [3.05, 3.63) is 88.7 Å². The predicted octanol–water partition coefficient (Wildman–Crippen LogP) is 3.27. The number of nitrogens with one attached hydrogen (secondary N) is 3. The summed E-state index contributed by atoms with van der Waals surface area (Å²) in [6.45, 7) is -0.255. The van der Waals surface area contributed by atoms with Crippen LogP contribution in [0.2, 0.25) is 5.02 Å². The molecule has 0 aromatic heterocycles. The van der Waals surface area contributed by atoms with Gasteiger partial charge in [-0.3, -0.25) is 14.4 Å². The van der Waals surface area contributed by atoms with Crippen molar-refractivity contribution in [1.82, 2.24) is 10.7 Å². The van der Waals surface area contributed by atoms with E-state index in [4.69, 9.17) is 21.1 Å². The van der Waals surface area contributed by atoms with E-state index in [1.165, 1.54) is 43.7 Å². The molecule has 9 nitrogen and oxygen atoms in total. The summed E-state index contributed by atoms with van der Waals surface area (Å²) in [6, 6.07) is 17.8. The van der Waals surface area contributed by atoms with Gasteiger partial charge in [0.25, 0.3) is 5.91 Å². The first-order valence-corrected chi connectivity index (χ1v) is 10.9. The van der Waals surface area contributed by atoms with Gasteiger partial charge in [-0.1, -0.05) is 54.1 Å². The zero-order valence-corrected chi connectivity index (χ0v) is 19.8. The topological polar surface area (TPSA) is 118 Å². The van der Waals surface area contributed by atoms with Crippen LogP contribution in [-0.2, 0) is 20.9 Å². The summed E-state index contributed by atoms with van der Waals surface area (Å²) >= 11 is 6.26. The molecule has 186 valence electrons. The van der Waals surface area contributed by atoms with E-state index in [1.54, 1.807) is 6.07 Å². The first kappa shape index (κ1) is 26.2. The van der Waals surface area contributed by atoms with Crippen LogP contribution in [0.3, 0.4) is 0 Å². The molecular weight excluding hydrogens is 491 g/mol. The number of hydrogen-bond donors (Lipinski definition) is 3. The smallest absolute Gasteiger partial charge is 0.329 e. The van der Waals surface area contributed by atoms with Gasteiger partial charge in [0.05, 0.1) is 24.0 Å². The number of para-hydroxylation sites is 1. The Morgan fingerprint density at radius 2 is 1.75 bits per heavy atom. The molecule has 3 N–H and O–H groups in total. The molecule has 3 aromatic carbocycles. The Morgan fingerprint density at radius 1 is 1.03 bits per heavy atom. The summed E-state index contributed by atoms with van der Waals surface area (Å²) in [7, 11) is 1.37. The highest BCUT2D eigenvalue weighted by Gasteiger charge is 2.15. The third-order valence-electron chi connectivity index (χ3n) is 4.63. The number of ether oxygens (including phenoxy) is 2. The lowest BCUT2D eigenvalue weighted by Gasteiger charge is -2.13. The second-order valence-electron chi connectivity index (χ2n) is 7.22. The molecular formula is C25H22ClFN4O5. The van der Waals surface area contributed by atoms with Crippen molar-refractivity contribution >= 4 is 41.2 Å². The van der Waals surface area contributed by atoms with Crippen molar-refractivity contribution < 1.29 is 28.2 Å². The van der Waals surface area contributed by atoms with Crippen molar-refractivity contribution in [2.75, 3.05) is 19.0 Å². The maximum atomic E-state index is 13.7. The van der Waals surface area contributed by atoms with Crippen LogP contribution in [0.1, 0.15) is 11.1 Å². The van der Waals surface area contributed by atoms with Gasteiger partial charge < -0.3 is 20.1 Å². The van der Waals surface area contributed by atoms with Crippen LogP contribution in [0.25, 0.3) is 0 Å². The van der Waals surface area contributed by atoms with Crippen molar-refractivity contribution in [2.45, 2.75) is 6.54 Å². The van der Waals surface area contributed by atoms with Crippen LogP contribution in [0.4, 0.5) is 10.1 Å². The van der Waals surface area contributed by atoms with Crippen molar-refractivity contribution in [3.8, 4) is 11.5 Å². The van der Waals surface area contributed by atoms with E-state index in [-0.39, 0.29) is 28.8 Å². The number of carbonyl (C=O) groups is 3. The quantitative estimate of drug-likeness (QED) is 0.231. The van der Waals surface area contributed by atoms with Crippen LogP contribution >= 0.6 is 11.6 Å². The van der Waals surface area contributed by atoms with Crippen LogP contribution < -0.4 is 25.5 Å². The number of anilines is 1. The van der Waals surface area contributed by atoms with E-state index in [0.717, 1.165) is 5.56 Å². The molecule has 0 aliphatic heterocycles. The summed E-state index contributed by atoms with van der Waals surface area (Å²) in [4.78, 5) is 36.0. The Balaban J connectivity index is 1.55. The van der Waals surface area contributed by atoms with E-state index in [0.29, 0.717) is 5.56 Å². The first-order chi connectivity index (χ1) is 17.4. The predicted molar refractivity (Wildman–Crippen MR) is 133 cm³/mol. The molecule has 0 aliphatic rings. The van der Waals surface area contributed by atoms with Gasteiger partial charge in [0, 0.05) is 6.54 Å². The lowest BCUT2D eigenvalue weighted by molar-refractivity contribution is -0.139. The molecule has 36 heavy (non-hydrogen) atoms. The Labute approximate surface area is 211 Å². The van der Waals surface area contributed by atoms with Crippen molar-refractivity contribution in [1.29, 1.82) is 0 Å². The number of hydrogen-bond acceptors (Lipinski definition) is 6. The Bertz CT molecular complexity index is 1270. The minimum atomic E-state index is -0.943. The molecule has 0 atom stereocenters. The van der Waals surface area contributed by atoms with Crippen molar-refractivity contribution in [3.63, 3.8) is 0 Å². The summed E-state index contributed by atoms with van der Waals surface area (Å²) in [5, 5.41) is 8.74. The standard InChI is InChI=1S/C25H22ClFN4O5/c1-35-21-12-17(14-29-31-25(34)24(33)28-13-16-7-3-2-4-8-16)11-18(26)23(21)36-15-22(32)30-20-10-6-5-9-19(20)27/h2-12,14H,13,15H2,1H3,(H,28,33)(H,30,32)(H,31,34)/b29-14-. The van der Waals surface area contributed by atoms with Crippen LogP contribution in [0.5, 0.6) is 11.5 Å². The summed E-state index contributed by atoms with van der Waals surface area (Å²) in [6.07, 6.45) is 1.26. The SMILES string of the molecule is COc1cc(/C=N\NC(=O)C(=O)NCc2ccccc2)cc(Cl)c1OCC(=O)Nc1ccccc1F. The molecule has 0 aliphatic carbocycles. The third-order valence-corrected chi connectivity index (χ3v) is 4.91. The Morgan fingerprint density at radius 3 is 2.47 bits per heavy atom. The average Bonchev–Trinajstić information content (AvgIpc) is 2.88. The average molecular weight is 513 g/mol. The monoisotopic (exact) mass is 512 g/mol. The number of rotatable bonds is 9. The van der Waals surface area contributed by atoms with Gasteiger partial charge in [-0.05, 0) is 35.4 Å². The number of nitrogens with zero attached hydrogens (tertiary/aromatic N) is 1. The third kappa shape index (κ3) is 7.54. The van der Waals surface area contributed by atoms with E-state index in [9.17, 15) is 18.8 Å². The zero-order chi connectivity index (χ0) is 25.9. The van der Waals surface area contributed by atoms with Crippen LogP contribution in [0, 0.1) is 5.82 Å². The lowest BCUT2D eigenvalue weighted by atomic mass is 10.2. The highest BCUT2D eigenvalue weighted by Crippen LogP contribution is 2.36. The maximum absolute atomic E-state index is 13.7. The lowest BCUT2D eigenvalue weighted by Crippen LogP contribution is -2.37. The number of amides is 3. The number of halogens is 2. The Hall–Kier alpha value is -4.44. The van der Waals surface area contributed by atoms with Gasteiger partial charge in [-0.15, -0.1) is 0 Å². The number of methoxy groups -OCH3 is 1. The second kappa shape index (κ2) is 12.9. The highest BCUT2D eigenvalue weighted by molar-refractivity contribution is 6.35. The minimum absolute atomic E-state index is 0.0199. The summed E-state index contributed by atoms with van der Waals surface area (Å²) in [5.41, 5.74) is 3.41. The number of carbonyl (C=O) groups excluding carboxylic acids is 3. The van der Waals surface area contributed by atoms with Gasteiger partial charge in [0.1, 0.15) is 5.82 Å². The first-order valence-electron chi connectivity index (χ1n) is 10.6. The molecule has 0 saturated carbocycles. The van der Waals surface area contributed by atoms with Gasteiger partial charge in [0.2, 0.25) is 0 Å². The largest absolute Gasteiger partial charge is 0.493 e. The molecule has 0 fully saturated rings. The molecule has 0 unspecified atom stereocenters. The molecule has 3 aromatic rings. The fourth-order valence-corrected chi connectivity index (χ4v) is 3.19. The summed E-state index contributed by atoms with van der Waals surface area (Å²) < 4.78 is 24.4. The normalized spacial score (nSPS) is 10.5. The Kier molecular flexibility index (Phi) is 9.35. The molecule has 0 saturated heterocycles.